The Kier molecular flexibility index (Phi) is 7.11. The molecule has 1 aromatic carbocycles. The van der Waals surface area contributed by atoms with Crippen molar-refractivity contribution in [3.63, 3.8) is 0 Å². The Balaban J connectivity index is 2.70. The molecule has 0 aliphatic rings. The molecule has 0 saturated heterocycles. The van der Waals surface area contributed by atoms with E-state index in [1.807, 2.05) is 0 Å². The number of benzene rings is 1. The summed E-state index contributed by atoms with van der Waals surface area (Å²) >= 11 is 0. The minimum atomic E-state index is 0.482. The number of hydrogen-bond acceptors (Lipinski definition) is 2. The lowest BCUT2D eigenvalue weighted by Gasteiger charge is -2.36. The van der Waals surface area contributed by atoms with E-state index in [1.165, 1.54) is 12.0 Å². The highest BCUT2D eigenvalue weighted by Crippen LogP contribution is 2.23. The van der Waals surface area contributed by atoms with Crippen LogP contribution in [-0.4, -0.2) is 30.1 Å². The molecule has 0 heterocycles. The van der Waals surface area contributed by atoms with Crippen LogP contribution in [-0.2, 0) is 0 Å². The van der Waals surface area contributed by atoms with Crippen molar-refractivity contribution in [2.45, 2.75) is 58.5 Å². The van der Waals surface area contributed by atoms with Crippen LogP contribution in [0.15, 0.2) is 30.3 Å². The predicted octanol–water partition coefficient (Wildman–Crippen LogP) is 3.63. The molecule has 3 unspecified atom stereocenters. The Hall–Kier alpha value is -0.860. The van der Waals surface area contributed by atoms with Gasteiger partial charge in [0.25, 0.3) is 0 Å². The van der Waals surface area contributed by atoms with Gasteiger partial charge in [-0.1, -0.05) is 51.1 Å². The topological polar surface area (TPSA) is 29.3 Å². The SMILES string of the molecule is CCC(C)N(CC)C(CN)CC(C)c1ccccc1. The first-order chi connectivity index (χ1) is 9.13. The van der Waals surface area contributed by atoms with Gasteiger partial charge in [0.1, 0.15) is 0 Å². The molecule has 1 aromatic rings. The van der Waals surface area contributed by atoms with Crippen molar-refractivity contribution in [3.05, 3.63) is 35.9 Å². The first-order valence-corrected chi connectivity index (χ1v) is 7.64. The van der Waals surface area contributed by atoms with E-state index in [9.17, 15) is 0 Å². The summed E-state index contributed by atoms with van der Waals surface area (Å²) in [5.74, 6) is 0.563. The zero-order valence-electron chi connectivity index (χ0n) is 13.0. The fraction of sp³-hybridized carbons (Fsp3) is 0.647. The molecule has 0 radical (unpaired) electrons. The number of likely N-dealkylation sites (N-methyl/N-ethyl adjacent to an activating group) is 1. The molecule has 19 heavy (non-hydrogen) atoms. The molecule has 0 saturated carbocycles. The second-order valence-corrected chi connectivity index (χ2v) is 5.52. The minimum Gasteiger partial charge on any atom is -0.329 e. The lowest BCUT2D eigenvalue weighted by atomic mass is 9.92. The fourth-order valence-corrected chi connectivity index (χ4v) is 2.86. The molecular weight excluding hydrogens is 232 g/mol. The van der Waals surface area contributed by atoms with Crippen LogP contribution in [0, 0.1) is 0 Å². The van der Waals surface area contributed by atoms with Crippen LogP contribution in [0.3, 0.4) is 0 Å². The fourth-order valence-electron chi connectivity index (χ4n) is 2.86. The highest BCUT2D eigenvalue weighted by atomic mass is 15.2. The van der Waals surface area contributed by atoms with E-state index < -0.39 is 0 Å². The van der Waals surface area contributed by atoms with Crippen LogP contribution in [0.2, 0.25) is 0 Å². The van der Waals surface area contributed by atoms with E-state index in [1.54, 1.807) is 0 Å². The Morgan fingerprint density at radius 3 is 2.21 bits per heavy atom. The van der Waals surface area contributed by atoms with E-state index in [-0.39, 0.29) is 0 Å². The van der Waals surface area contributed by atoms with E-state index in [0.717, 1.165) is 19.5 Å². The number of hydrogen-bond donors (Lipinski definition) is 1. The maximum Gasteiger partial charge on any atom is 0.0226 e. The number of nitrogens with two attached hydrogens (primary N) is 1. The van der Waals surface area contributed by atoms with Crippen LogP contribution in [0.5, 0.6) is 0 Å². The zero-order valence-corrected chi connectivity index (χ0v) is 13.0. The summed E-state index contributed by atoms with van der Waals surface area (Å²) in [5.41, 5.74) is 7.44. The Bertz CT molecular complexity index is 336. The highest BCUT2D eigenvalue weighted by Gasteiger charge is 2.22. The highest BCUT2D eigenvalue weighted by molar-refractivity contribution is 5.19. The van der Waals surface area contributed by atoms with E-state index >= 15 is 0 Å². The van der Waals surface area contributed by atoms with E-state index in [0.29, 0.717) is 18.0 Å². The van der Waals surface area contributed by atoms with Gasteiger partial charge in [0.2, 0.25) is 0 Å². The first-order valence-electron chi connectivity index (χ1n) is 7.64. The second-order valence-electron chi connectivity index (χ2n) is 5.52. The molecule has 0 aliphatic carbocycles. The van der Waals surface area contributed by atoms with Crippen molar-refractivity contribution in [2.24, 2.45) is 5.73 Å². The van der Waals surface area contributed by atoms with Gasteiger partial charge in [-0.15, -0.1) is 0 Å². The molecule has 0 aliphatic heterocycles. The van der Waals surface area contributed by atoms with Crippen molar-refractivity contribution >= 4 is 0 Å². The van der Waals surface area contributed by atoms with Gasteiger partial charge < -0.3 is 5.73 Å². The lowest BCUT2D eigenvalue weighted by Crippen LogP contribution is -2.46. The third-order valence-electron chi connectivity index (χ3n) is 4.26. The molecule has 2 N–H and O–H groups in total. The predicted molar refractivity (Wildman–Crippen MR) is 84.4 cm³/mol. The largest absolute Gasteiger partial charge is 0.329 e. The lowest BCUT2D eigenvalue weighted by molar-refractivity contribution is 0.139. The van der Waals surface area contributed by atoms with Crippen LogP contribution >= 0.6 is 0 Å². The molecule has 1 rings (SSSR count). The summed E-state index contributed by atoms with van der Waals surface area (Å²) in [6.45, 7) is 10.9. The van der Waals surface area contributed by atoms with Crippen molar-refractivity contribution in [2.75, 3.05) is 13.1 Å². The molecule has 2 nitrogen and oxygen atoms in total. The summed E-state index contributed by atoms with van der Waals surface area (Å²) in [7, 11) is 0. The number of nitrogens with zero attached hydrogens (tertiary/aromatic N) is 1. The molecule has 0 spiro atoms. The third kappa shape index (κ3) is 4.63. The Morgan fingerprint density at radius 2 is 1.74 bits per heavy atom. The van der Waals surface area contributed by atoms with E-state index in [4.69, 9.17) is 5.73 Å². The molecule has 2 heteroatoms. The molecule has 0 bridgehead atoms. The van der Waals surface area contributed by atoms with Gasteiger partial charge in [-0.3, -0.25) is 4.90 Å². The average Bonchev–Trinajstić information content (AvgIpc) is 2.47. The smallest absolute Gasteiger partial charge is 0.0226 e. The first kappa shape index (κ1) is 16.2. The van der Waals surface area contributed by atoms with Crippen molar-refractivity contribution in [1.82, 2.24) is 4.90 Å². The van der Waals surface area contributed by atoms with Crippen LogP contribution in [0.4, 0.5) is 0 Å². The maximum atomic E-state index is 6.03. The second kappa shape index (κ2) is 8.34. The summed E-state index contributed by atoms with van der Waals surface area (Å²) in [5, 5.41) is 0. The van der Waals surface area contributed by atoms with Gasteiger partial charge in [-0.2, -0.15) is 0 Å². The summed E-state index contributed by atoms with van der Waals surface area (Å²) in [6, 6.07) is 11.9. The van der Waals surface area contributed by atoms with Crippen molar-refractivity contribution < 1.29 is 0 Å². The molecular formula is C17H30N2. The summed E-state index contributed by atoms with van der Waals surface area (Å²) in [6.07, 6.45) is 2.32. The zero-order chi connectivity index (χ0) is 14.3. The van der Waals surface area contributed by atoms with Crippen molar-refractivity contribution in [1.29, 1.82) is 0 Å². The standard InChI is InChI=1S/C17H30N2/c1-5-15(4)19(6-2)17(13-18)12-14(3)16-10-8-7-9-11-16/h7-11,14-15,17H,5-6,12-13,18H2,1-4H3. The average molecular weight is 262 g/mol. The van der Waals surface area contributed by atoms with Gasteiger partial charge in [-0.25, -0.2) is 0 Å². The quantitative estimate of drug-likeness (QED) is 0.775. The third-order valence-corrected chi connectivity index (χ3v) is 4.26. The molecule has 108 valence electrons. The van der Waals surface area contributed by atoms with Gasteiger partial charge in [0.05, 0.1) is 0 Å². The van der Waals surface area contributed by atoms with Crippen LogP contribution in [0.1, 0.15) is 52.0 Å². The molecule has 3 atom stereocenters. The normalized spacial score (nSPS) is 16.3. The number of rotatable bonds is 8. The Morgan fingerprint density at radius 1 is 1.11 bits per heavy atom. The van der Waals surface area contributed by atoms with Gasteiger partial charge in [-0.05, 0) is 37.8 Å². The monoisotopic (exact) mass is 262 g/mol. The molecule has 0 fully saturated rings. The Labute approximate surface area is 119 Å². The van der Waals surface area contributed by atoms with Gasteiger partial charge >= 0.3 is 0 Å². The summed E-state index contributed by atoms with van der Waals surface area (Å²) in [4.78, 5) is 2.55. The molecule has 0 amide bonds. The van der Waals surface area contributed by atoms with E-state index in [2.05, 4.69) is 62.9 Å². The summed E-state index contributed by atoms with van der Waals surface area (Å²) < 4.78 is 0. The van der Waals surface area contributed by atoms with Gasteiger partial charge in [0, 0.05) is 18.6 Å². The van der Waals surface area contributed by atoms with Gasteiger partial charge in [0.15, 0.2) is 0 Å². The minimum absolute atomic E-state index is 0.482. The maximum absolute atomic E-state index is 6.03. The van der Waals surface area contributed by atoms with Crippen LogP contribution < -0.4 is 5.73 Å². The van der Waals surface area contributed by atoms with Crippen LogP contribution in [0.25, 0.3) is 0 Å². The molecule has 0 aromatic heterocycles. The van der Waals surface area contributed by atoms with Crippen molar-refractivity contribution in [3.8, 4) is 0 Å².